The molecule has 0 saturated heterocycles. The monoisotopic (exact) mass is 494 g/mol. The van der Waals surface area contributed by atoms with Crippen LogP contribution in [0.15, 0.2) is 39.3 Å². The summed E-state index contributed by atoms with van der Waals surface area (Å²) in [6.45, 7) is 2.06. The Morgan fingerprint density at radius 2 is 2.13 bits per heavy atom. The Morgan fingerprint density at radius 3 is 2.94 bits per heavy atom. The maximum absolute atomic E-state index is 12.2. The fourth-order valence-electron chi connectivity index (χ4n) is 2.60. The van der Waals surface area contributed by atoms with Crippen LogP contribution in [0.2, 0.25) is 5.02 Å². The molecule has 0 aliphatic carbocycles. The molecule has 31 heavy (non-hydrogen) atoms. The maximum atomic E-state index is 12.2. The quantitative estimate of drug-likeness (QED) is 0.272. The predicted molar refractivity (Wildman–Crippen MR) is 122 cm³/mol. The van der Waals surface area contributed by atoms with Gasteiger partial charge < -0.3 is 14.5 Å². The molecule has 3 aromatic heterocycles. The van der Waals surface area contributed by atoms with Crippen LogP contribution >= 0.6 is 46.0 Å². The van der Waals surface area contributed by atoms with Crippen LogP contribution in [0.25, 0.3) is 20.9 Å². The number of carbonyl (C=O) groups is 2. The van der Waals surface area contributed by atoms with Gasteiger partial charge in [-0.3, -0.25) is 9.59 Å². The van der Waals surface area contributed by atoms with Crippen molar-refractivity contribution in [1.29, 1.82) is 0 Å². The number of ether oxygens (including phenoxy) is 1. The summed E-state index contributed by atoms with van der Waals surface area (Å²) in [7, 11) is 0. The molecule has 8 nitrogen and oxygen atoms in total. The lowest BCUT2D eigenvalue weighted by molar-refractivity contribution is -0.142. The minimum absolute atomic E-state index is 0.0641. The third-order valence-electron chi connectivity index (χ3n) is 3.89. The predicted octanol–water partition coefficient (Wildman–Crippen LogP) is 4.90. The van der Waals surface area contributed by atoms with E-state index in [1.165, 1.54) is 22.7 Å². The molecule has 160 valence electrons. The molecule has 0 spiro atoms. The normalized spacial score (nSPS) is 11.0. The number of rotatable bonds is 8. The molecule has 4 aromatic rings. The number of benzene rings is 1. The minimum Gasteiger partial charge on any atom is -0.466 e. The zero-order valence-electron chi connectivity index (χ0n) is 16.1. The van der Waals surface area contributed by atoms with Crippen LogP contribution in [0.1, 0.15) is 12.6 Å². The van der Waals surface area contributed by atoms with Crippen molar-refractivity contribution in [3.8, 4) is 10.8 Å². The van der Waals surface area contributed by atoms with Crippen molar-refractivity contribution in [2.45, 2.75) is 18.6 Å². The van der Waals surface area contributed by atoms with Gasteiger partial charge in [0.25, 0.3) is 11.1 Å². The van der Waals surface area contributed by atoms with E-state index in [9.17, 15) is 9.59 Å². The molecule has 0 radical (unpaired) electrons. The van der Waals surface area contributed by atoms with Crippen molar-refractivity contribution in [1.82, 2.24) is 15.2 Å². The van der Waals surface area contributed by atoms with Gasteiger partial charge in [0.15, 0.2) is 5.13 Å². The van der Waals surface area contributed by atoms with E-state index < -0.39 is 0 Å². The molecular formula is C19H15ClN4O4S3. The lowest BCUT2D eigenvalue weighted by Crippen LogP contribution is -2.14. The van der Waals surface area contributed by atoms with Crippen LogP contribution in [0, 0.1) is 0 Å². The molecule has 0 aliphatic rings. The Hall–Kier alpha value is -2.47. The summed E-state index contributed by atoms with van der Waals surface area (Å²) in [6, 6.07) is 7.77. The molecule has 12 heteroatoms. The second-order valence-corrected chi connectivity index (χ2v) is 9.29. The zero-order valence-corrected chi connectivity index (χ0v) is 19.3. The van der Waals surface area contributed by atoms with E-state index in [-0.39, 0.29) is 29.3 Å². The van der Waals surface area contributed by atoms with Crippen molar-refractivity contribution >= 4 is 73.1 Å². The lowest BCUT2D eigenvalue weighted by atomic mass is 10.2. The topological polar surface area (TPSA) is 107 Å². The molecule has 4 rings (SSSR count). The van der Waals surface area contributed by atoms with E-state index in [0.29, 0.717) is 33.2 Å². The summed E-state index contributed by atoms with van der Waals surface area (Å²) in [5.41, 5.74) is 0.549. The van der Waals surface area contributed by atoms with Crippen LogP contribution in [0.3, 0.4) is 0 Å². The number of hydrogen-bond donors (Lipinski definition) is 1. The average molecular weight is 495 g/mol. The fourth-order valence-corrected chi connectivity index (χ4v) is 5.32. The van der Waals surface area contributed by atoms with E-state index in [2.05, 4.69) is 20.5 Å². The molecule has 0 aliphatic heterocycles. The molecule has 3 heterocycles. The van der Waals surface area contributed by atoms with Gasteiger partial charge in [-0.25, -0.2) is 4.98 Å². The highest BCUT2D eigenvalue weighted by Gasteiger charge is 2.18. The summed E-state index contributed by atoms with van der Waals surface area (Å²) >= 11 is 10.3. The van der Waals surface area contributed by atoms with E-state index in [1.807, 2.05) is 24.3 Å². The molecule has 0 unspecified atom stereocenters. The highest BCUT2D eigenvalue weighted by Crippen LogP contribution is 2.41. The smallest absolute Gasteiger partial charge is 0.311 e. The summed E-state index contributed by atoms with van der Waals surface area (Å²) in [5, 5.41) is 14.6. The Kier molecular flexibility index (Phi) is 6.86. The Bertz CT molecular complexity index is 1240. The van der Waals surface area contributed by atoms with Gasteiger partial charge in [-0.2, -0.15) is 0 Å². The summed E-state index contributed by atoms with van der Waals surface area (Å²) in [5.74, 6) is -0.249. The van der Waals surface area contributed by atoms with Crippen molar-refractivity contribution < 1.29 is 18.7 Å². The van der Waals surface area contributed by atoms with Gasteiger partial charge in [-0.1, -0.05) is 41.6 Å². The van der Waals surface area contributed by atoms with Crippen molar-refractivity contribution in [3.63, 3.8) is 0 Å². The first-order chi connectivity index (χ1) is 15.0. The first-order valence-electron chi connectivity index (χ1n) is 9.07. The highest BCUT2D eigenvalue weighted by molar-refractivity contribution is 7.99. The number of nitrogens with zero attached hydrogens (tertiary/aromatic N) is 3. The molecule has 0 atom stereocenters. The number of nitrogens with one attached hydrogen (secondary N) is 1. The van der Waals surface area contributed by atoms with Crippen molar-refractivity contribution in [2.24, 2.45) is 0 Å². The van der Waals surface area contributed by atoms with Gasteiger partial charge in [0.1, 0.15) is 4.88 Å². The number of thiophene rings is 1. The Labute approximate surface area is 194 Å². The van der Waals surface area contributed by atoms with E-state index in [1.54, 1.807) is 12.3 Å². The Balaban J connectivity index is 1.33. The molecule has 0 fully saturated rings. The van der Waals surface area contributed by atoms with Crippen LogP contribution < -0.4 is 5.32 Å². The molecule has 0 saturated carbocycles. The average Bonchev–Trinajstić information content (AvgIpc) is 3.46. The van der Waals surface area contributed by atoms with Crippen LogP contribution in [-0.4, -0.2) is 39.4 Å². The number of anilines is 1. The standard InChI is InChI=1S/C19H15ClN4O4S3/c1-2-27-14(26)7-10-8-29-18(21-10)22-13(25)9-30-19-24-23-17(28-19)16-15(20)11-5-3-4-6-12(11)31-16/h3-6,8H,2,7,9H2,1H3,(H,21,22,25). The first kappa shape index (κ1) is 21.8. The number of aromatic nitrogens is 3. The number of amides is 1. The fraction of sp³-hybridized carbons (Fsp3) is 0.211. The number of esters is 1. The van der Waals surface area contributed by atoms with E-state index >= 15 is 0 Å². The number of hydrogen-bond acceptors (Lipinski definition) is 10. The third-order valence-corrected chi connectivity index (χ3v) is 7.18. The number of carbonyl (C=O) groups excluding carboxylic acids is 2. The molecule has 1 N–H and O–H groups in total. The third kappa shape index (κ3) is 5.24. The molecule has 1 amide bonds. The zero-order chi connectivity index (χ0) is 21.8. The summed E-state index contributed by atoms with van der Waals surface area (Å²) in [4.78, 5) is 28.6. The van der Waals surface area contributed by atoms with Gasteiger partial charge in [0.2, 0.25) is 5.91 Å². The van der Waals surface area contributed by atoms with Gasteiger partial charge in [0, 0.05) is 15.5 Å². The van der Waals surface area contributed by atoms with Crippen molar-refractivity contribution in [3.05, 3.63) is 40.4 Å². The number of fused-ring (bicyclic) bond motifs is 1. The summed E-state index contributed by atoms with van der Waals surface area (Å²) in [6.07, 6.45) is 0.0695. The second-order valence-electron chi connectivity index (χ2n) is 6.08. The molecule has 1 aromatic carbocycles. The first-order valence-corrected chi connectivity index (χ1v) is 12.1. The van der Waals surface area contributed by atoms with Gasteiger partial charge in [-0.15, -0.1) is 32.9 Å². The van der Waals surface area contributed by atoms with Crippen LogP contribution in [-0.2, 0) is 20.7 Å². The number of thioether (sulfide) groups is 1. The minimum atomic E-state index is -0.354. The van der Waals surface area contributed by atoms with Gasteiger partial charge in [-0.05, 0) is 13.0 Å². The Morgan fingerprint density at radius 1 is 1.29 bits per heavy atom. The van der Waals surface area contributed by atoms with Gasteiger partial charge >= 0.3 is 5.97 Å². The van der Waals surface area contributed by atoms with Crippen LogP contribution in [0.4, 0.5) is 5.13 Å². The summed E-state index contributed by atoms with van der Waals surface area (Å²) < 4.78 is 11.6. The van der Waals surface area contributed by atoms with E-state index in [0.717, 1.165) is 21.8 Å². The SMILES string of the molecule is CCOC(=O)Cc1csc(NC(=O)CSc2nnc(-c3sc4ccccc4c3Cl)o2)n1. The lowest BCUT2D eigenvalue weighted by Gasteiger charge is -2.00. The number of halogens is 1. The van der Waals surface area contributed by atoms with Crippen LogP contribution in [0.5, 0.6) is 0 Å². The maximum Gasteiger partial charge on any atom is 0.311 e. The second kappa shape index (κ2) is 9.77. The largest absolute Gasteiger partial charge is 0.466 e. The van der Waals surface area contributed by atoms with Crippen molar-refractivity contribution in [2.75, 3.05) is 17.7 Å². The number of thiazole rings is 1. The molecular weight excluding hydrogens is 480 g/mol. The molecule has 0 bridgehead atoms. The van der Waals surface area contributed by atoms with Gasteiger partial charge in [0.05, 0.1) is 29.5 Å². The van der Waals surface area contributed by atoms with E-state index in [4.69, 9.17) is 20.8 Å². The highest BCUT2D eigenvalue weighted by atomic mass is 35.5.